The van der Waals surface area contributed by atoms with E-state index < -0.39 is 0 Å². The molecule has 30 heavy (non-hydrogen) atoms. The van der Waals surface area contributed by atoms with Crippen molar-refractivity contribution < 1.29 is 5.11 Å². The Bertz CT molecular complexity index is 614. The molecule has 170 valence electrons. The number of halogens is 1. The van der Waals surface area contributed by atoms with Crippen LogP contribution in [-0.2, 0) is 0 Å². The van der Waals surface area contributed by atoms with Crippen molar-refractivity contribution in [3.63, 3.8) is 0 Å². The first-order valence-corrected chi connectivity index (χ1v) is 12.9. The fourth-order valence-electron chi connectivity index (χ4n) is 6.12. The van der Waals surface area contributed by atoms with Gasteiger partial charge in [0, 0.05) is 24.8 Å². The molecule has 2 heterocycles. The number of aliphatic hydroxyl groups excluding tert-OH is 1. The second-order valence-electron chi connectivity index (χ2n) is 10.7. The van der Waals surface area contributed by atoms with E-state index in [1.54, 1.807) is 0 Å². The number of aliphatic imine (C=N–C) groups is 1. The maximum atomic E-state index is 9.95. The molecule has 6 atom stereocenters. The fourth-order valence-corrected chi connectivity index (χ4v) is 6.33. The largest absolute Gasteiger partial charge is 0.393 e. The second kappa shape index (κ2) is 10.5. The van der Waals surface area contributed by atoms with Crippen molar-refractivity contribution in [1.29, 1.82) is 0 Å². The summed E-state index contributed by atoms with van der Waals surface area (Å²) in [7, 11) is 0. The molecule has 2 N–H and O–H groups in total. The lowest BCUT2D eigenvalue weighted by atomic mass is 9.79. The van der Waals surface area contributed by atoms with Crippen molar-refractivity contribution in [1.82, 2.24) is 10.2 Å². The van der Waals surface area contributed by atoms with Crippen LogP contribution in [0.25, 0.3) is 0 Å². The van der Waals surface area contributed by atoms with Crippen LogP contribution in [-0.4, -0.2) is 65.5 Å². The molecule has 0 spiro atoms. The Morgan fingerprint density at radius 1 is 1.10 bits per heavy atom. The summed E-state index contributed by atoms with van der Waals surface area (Å²) >= 11 is 6.23. The van der Waals surface area contributed by atoms with E-state index in [0.717, 1.165) is 57.0 Å². The van der Waals surface area contributed by atoms with Gasteiger partial charge in [0.05, 0.1) is 17.5 Å². The highest BCUT2D eigenvalue weighted by molar-refractivity contribution is 6.21. The maximum Gasteiger partial charge on any atom is 0.0544 e. The number of piperidine rings is 1. The van der Waals surface area contributed by atoms with Crippen molar-refractivity contribution in [2.45, 2.75) is 88.8 Å². The molecule has 0 aromatic carbocycles. The molecule has 0 aromatic heterocycles. The number of nitrogens with zero attached hydrogens (tertiary/aromatic N) is 2. The Morgan fingerprint density at radius 2 is 1.90 bits per heavy atom. The lowest BCUT2D eigenvalue weighted by molar-refractivity contribution is 0.0971. The van der Waals surface area contributed by atoms with E-state index in [4.69, 9.17) is 16.6 Å². The third-order valence-corrected chi connectivity index (χ3v) is 8.53. The fraction of sp³-hybridized carbons (Fsp3) is 0.880. The van der Waals surface area contributed by atoms with Gasteiger partial charge in [-0.15, -0.1) is 11.6 Å². The van der Waals surface area contributed by atoms with Gasteiger partial charge in [-0.25, -0.2) is 0 Å². The average Bonchev–Trinajstić information content (AvgIpc) is 3.14. The van der Waals surface area contributed by atoms with Crippen molar-refractivity contribution >= 4 is 17.3 Å². The third kappa shape index (κ3) is 5.88. The maximum absolute atomic E-state index is 9.95. The van der Waals surface area contributed by atoms with Crippen LogP contribution in [0.1, 0.15) is 65.2 Å². The van der Waals surface area contributed by atoms with Crippen LogP contribution in [0.2, 0.25) is 0 Å². The first-order chi connectivity index (χ1) is 14.5. The van der Waals surface area contributed by atoms with Crippen molar-refractivity contribution in [3.8, 4) is 0 Å². The van der Waals surface area contributed by atoms with Gasteiger partial charge >= 0.3 is 0 Å². The molecule has 4 rings (SSSR count). The second-order valence-corrected chi connectivity index (χ2v) is 11.3. The zero-order valence-corrected chi connectivity index (χ0v) is 19.7. The topological polar surface area (TPSA) is 47.9 Å². The number of fused-ring (bicyclic) bond motifs is 1. The lowest BCUT2D eigenvalue weighted by Gasteiger charge is -2.38. The molecule has 0 radical (unpaired) electrons. The van der Waals surface area contributed by atoms with Gasteiger partial charge in [0.15, 0.2) is 0 Å². The summed E-state index contributed by atoms with van der Waals surface area (Å²) in [6.45, 7) is 9.21. The van der Waals surface area contributed by atoms with Gasteiger partial charge in [-0.1, -0.05) is 26.0 Å². The Morgan fingerprint density at radius 3 is 2.60 bits per heavy atom. The van der Waals surface area contributed by atoms with Crippen LogP contribution < -0.4 is 5.32 Å². The van der Waals surface area contributed by atoms with Crippen LogP contribution >= 0.6 is 11.6 Å². The number of likely N-dealkylation sites (tertiary alicyclic amines) is 1. The van der Waals surface area contributed by atoms with Gasteiger partial charge in [-0.2, -0.15) is 0 Å². The zero-order chi connectivity index (χ0) is 21.1. The Kier molecular flexibility index (Phi) is 7.94. The van der Waals surface area contributed by atoms with Gasteiger partial charge in [0.1, 0.15) is 0 Å². The monoisotopic (exact) mass is 435 g/mol. The quantitative estimate of drug-likeness (QED) is 0.464. The molecule has 0 amide bonds. The van der Waals surface area contributed by atoms with E-state index in [-0.39, 0.29) is 11.5 Å². The van der Waals surface area contributed by atoms with E-state index in [1.807, 2.05) is 0 Å². The first-order valence-electron chi connectivity index (χ1n) is 12.5. The van der Waals surface area contributed by atoms with Crippen LogP contribution in [0.3, 0.4) is 0 Å². The van der Waals surface area contributed by atoms with E-state index >= 15 is 0 Å². The summed E-state index contributed by atoms with van der Waals surface area (Å²) in [6.07, 6.45) is 13.6. The molecule has 0 aromatic rings. The number of allylic oxidation sites excluding steroid dienone is 2. The molecule has 1 saturated carbocycles. The summed E-state index contributed by atoms with van der Waals surface area (Å²) in [5.74, 6) is 2.81. The van der Waals surface area contributed by atoms with E-state index in [2.05, 4.69) is 36.2 Å². The first kappa shape index (κ1) is 22.8. The average molecular weight is 436 g/mol. The molecule has 2 aliphatic heterocycles. The minimum Gasteiger partial charge on any atom is -0.393 e. The minimum absolute atomic E-state index is 0.0967. The van der Waals surface area contributed by atoms with Crippen molar-refractivity contribution in [2.75, 3.05) is 26.2 Å². The Balaban J connectivity index is 1.21. The van der Waals surface area contributed by atoms with Gasteiger partial charge in [-0.05, 0) is 88.1 Å². The molecule has 0 bridgehead atoms. The van der Waals surface area contributed by atoms with Crippen molar-refractivity contribution in [2.24, 2.45) is 28.7 Å². The number of hydrogen-bond acceptors (Lipinski definition) is 4. The van der Waals surface area contributed by atoms with Gasteiger partial charge in [0.2, 0.25) is 0 Å². The zero-order valence-electron chi connectivity index (χ0n) is 19.0. The van der Waals surface area contributed by atoms with Crippen LogP contribution in [0.4, 0.5) is 0 Å². The van der Waals surface area contributed by atoms with Crippen molar-refractivity contribution in [3.05, 3.63) is 12.2 Å². The number of alkyl halides is 1. The molecule has 2 aliphatic carbocycles. The van der Waals surface area contributed by atoms with E-state index in [0.29, 0.717) is 23.9 Å². The Labute approximate surface area is 188 Å². The number of nitrogens with one attached hydrogen (secondary N) is 1. The lowest BCUT2D eigenvalue weighted by Crippen LogP contribution is -2.48. The molecule has 5 unspecified atom stereocenters. The number of hydrogen-bond donors (Lipinski definition) is 2. The van der Waals surface area contributed by atoms with Crippen LogP contribution in [0.15, 0.2) is 17.1 Å². The molecular weight excluding hydrogens is 394 g/mol. The van der Waals surface area contributed by atoms with Crippen LogP contribution in [0, 0.1) is 23.7 Å². The van der Waals surface area contributed by atoms with Crippen LogP contribution in [0.5, 0.6) is 0 Å². The van der Waals surface area contributed by atoms with E-state index in [1.165, 1.54) is 38.1 Å². The summed E-state index contributed by atoms with van der Waals surface area (Å²) < 4.78 is 0. The predicted molar refractivity (Wildman–Crippen MR) is 126 cm³/mol. The predicted octanol–water partition coefficient (Wildman–Crippen LogP) is 4.26. The highest BCUT2D eigenvalue weighted by Crippen LogP contribution is 2.35. The highest BCUT2D eigenvalue weighted by Gasteiger charge is 2.35. The van der Waals surface area contributed by atoms with Gasteiger partial charge in [0.25, 0.3) is 0 Å². The smallest absolute Gasteiger partial charge is 0.0544 e. The standard InChI is InChI=1S/C25H42ClN3O/c1-17(2)25(27-15-22-13-20-14-23(30)7-8-24(20)28-22)16-29-11-9-19(10-12-29)18-3-5-21(26)6-4-18/h3,5,17-21,23-25,27,30H,4,6-16H2,1-2H3/t18?,20?,21?,23?,24?,25-/m0/s1. The summed E-state index contributed by atoms with van der Waals surface area (Å²) in [5, 5.41) is 14.1. The molecule has 4 nitrogen and oxygen atoms in total. The summed E-state index contributed by atoms with van der Waals surface area (Å²) in [5.41, 5.74) is 1.34. The molecule has 5 heteroatoms. The number of aliphatic hydroxyl groups is 1. The highest BCUT2D eigenvalue weighted by atomic mass is 35.5. The SMILES string of the molecule is CC(C)[C@H](CN1CCC(C2C=CC(Cl)CC2)CC1)NCC1=NC2CCC(O)CC2C1. The third-order valence-electron chi connectivity index (χ3n) is 8.17. The summed E-state index contributed by atoms with van der Waals surface area (Å²) in [4.78, 5) is 7.68. The molecular formula is C25H42ClN3O. The van der Waals surface area contributed by atoms with Gasteiger partial charge < -0.3 is 15.3 Å². The molecule has 2 fully saturated rings. The normalized spacial score (nSPS) is 36.7. The number of rotatable bonds is 7. The Hall–Kier alpha value is -0.420. The minimum atomic E-state index is -0.0967. The van der Waals surface area contributed by atoms with Gasteiger partial charge in [-0.3, -0.25) is 4.99 Å². The molecule has 4 aliphatic rings. The molecule has 1 saturated heterocycles. The van der Waals surface area contributed by atoms with E-state index in [9.17, 15) is 5.11 Å². The summed E-state index contributed by atoms with van der Waals surface area (Å²) in [6, 6.07) is 0.994.